The van der Waals surface area contributed by atoms with Gasteiger partial charge in [0.2, 0.25) is 0 Å². The molecule has 0 amide bonds. The van der Waals surface area contributed by atoms with E-state index in [1.165, 1.54) is 5.56 Å². The van der Waals surface area contributed by atoms with Gasteiger partial charge in [0.25, 0.3) is 0 Å². The molecule has 0 bridgehead atoms. The summed E-state index contributed by atoms with van der Waals surface area (Å²) in [6, 6.07) is 8.04. The highest BCUT2D eigenvalue weighted by molar-refractivity contribution is 5.35. The maximum Gasteiger partial charge on any atom is 0.122 e. The summed E-state index contributed by atoms with van der Waals surface area (Å²) in [6.45, 7) is 0.494. The molecule has 3 heteroatoms. The third-order valence-electron chi connectivity index (χ3n) is 2.32. The maximum absolute atomic E-state index is 8.54. The number of ether oxygens (including phenoxy) is 1. The Bertz CT molecular complexity index is 288. The van der Waals surface area contributed by atoms with Gasteiger partial charge in [-0.2, -0.15) is 0 Å². The second-order valence-electron chi connectivity index (χ2n) is 3.25. The van der Waals surface area contributed by atoms with Gasteiger partial charge in [-0.25, -0.2) is 5.48 Å². The molecule has 1 heterocycles. The smallest absolute Gasteiger partial charge is 0.122 e. The first-order chi connectivity index (χ1) is 6.40. The Morgan fingerprint density at radius 2 is 2.31 bits per heavy atom. The van der Waals surface area contributed by atoms with Crippen molar-refractivity contribution in [1.82, 2.24) is 5.48 Å². The topological polar surface area (TPSA) is 41.5 Å². The van der Waals surface area contributed by atoms with Crippen LogP contribution in [0.5, 0.6) is 5.75 Å². The van der Waals surface area contributed by atoms with Crippen molar-refractivity contribution in [1.29, 1.82) is 0 Å². The van der Waals surface area contributed by atoms with Crippen LogP contribution in [-0.2, 0) is 6.42 Å². The number of hydrogen-bond donors (Lipinski definition) is 2. The van der Waals surface area contributed by atoms with Crippen molar-refractivity contribution in [2.45, 2.75) is 18.9 Å². The molecular formula is C10H13NO2. The first kappa shape index (κ1) is 8.53. The molecular weight excluding hydrogens is 166 g/mol. The standard InChI is InChI=1S/C10H13NO2/c12-11-7-9-6-5-8-3-1-2-4-10(8)13-9/h1-4,9,11-12H,5-7H2. The van der Waals surface area contributed by atoms with E-state index in [-0.39, 0.29) is 6.10 Å². The highest BCUT2D eigenvalue weighted by atomic mass is 16.5. The second kappa shape index (κ2) is 3.77. The Hall–Kier alpha value is -1.06. The molecule has 0 aliphatic carbocycles. The SMILES string of the molecule is ONCC1CCc2ccccc2O1. The lowest BCUT2D eigenvalue weighted by atomic mass is 10.0. The van der Waals surface area contributed by atoms with Crippen LogP contribution in [0.2, 0.25) is 0 Å². The number of fused-ring (bicyclic) bond motifs is 1. The van der Waals surface area contributed by atoms with Gasteiger partial charge in [0, 0.05) is 0 Å². The molecule has 0 fully saturated rings. The average molecular weight is 179 g/mol. The van der Waals surface area contributed by atoms with E-state index in [0.29, 0.717) is 6.54 Å². The molecule has 2 rings (SSSR count). The molecule has 1 aromatic carbocycles. The van der Waals surface area contributed by atoms with Gasteiger partial charge >= 0.3 is 0 Å². The zero-order valence-electron chi connectivity index (χ0n) is 7.36. The van der Waals surface area contributed by atoms with Crippen LogP contribution in [0.1, 0.15) is 12.0 Å². The first-order valence-corrected chi connectivity index (χ1v) is 4.51. The van der Waals surface area contributed by atoms with Gasteiger partial charge in [-0.05, 0) is 24.5 Å². The van der Waals surface area contributed by atoms with Crippen LogP contribution in [0.3, 0.4) is 0 Å². The molecule has 2 N–H and O–H groups in total. The van der Waals surface area contributed by atoms with Crippen molar-refractivity contribution >= 4 is 0 Å². The van der Waals surface area contributed by atoms with Gasteiger partial charge in [-0.15, -0.1) is 0 Å². The van der Waals surface area contributed by atoms with E-state index in [9.17, 15) is 0 Å². The summed E-state index contributed by atoms with van der Waals surface area (Å²) < 4.78 is 5.65. The van der Waals surface area contributed by atoms with E-state index in [1.807, 2.05) is 18.2 Å². The Morgan fingerprint density at radius 3 is 3.15 bits per heavy atom. The molecule has 0 saturated carbocycles. The third-order valence-corrected chi connectivity index (χ3v) is 2.32. The number of para-hydroxylation sites is 1. The second-order valence-corrected chi connectivity index (χ2v) is 3.25. The Labute approximate surface area is 77.3 Å². The third kappa shape index (κ3) is 1.82. The molecule has 1 aliphatic heterocycles. The highest BCUT2D eigenvalue weighted by Gasteiger charge is 2.18. The normalized spacial score (nSPS) is 20.5. The predicted molar refractivity (Wildman–Crippen MR) is 49.0 cm³/mol. The lowest BCUT2D eigenvalue weighted by molar-refractivity contribution is 0.0937. The highest BCUT2D eigenvalue weighted by Crippen LogP contribution is 2.26. The molecule has 1 atom stereocenters. The largest absolute Gasteiger partial charge is 0.489 e. The van der Waals surface area contributed by atoms with E-state index in [0.717, 1.165) is 18.6 Å². The van der Waals surface area contributed by atoms with Gasteiger partial charge in [0.15, 0.2) is 0 Å². The minimum absolute atomic E-state index is 0.0971. The molecule has 70 valence electrons. The molecule has 1 aliphatic rings. The molecule has 0 spiro atoms. The molecule has 3 nitrogen and oxygen atoms in total. The van der Waals surface area contributed by atoms with E-state index >= 15 is 0 Å². The summed E-state index contributed by atoms with van der Waals surface area (Å²) in [5, 5.41) is 8.54. The van der Waals surface area contributed by atoms with Gasteiger partial charge < -0.3 is 9.94 Å². The summed E-state index contributed by atoms with van der Waals surface area (Å²) >= 11 is 0. The van der Waals surface area contributed by atoms with Crippen LogP contribution in [-0.4, -0.2) is 17.9 Å². The quantitative estimate of drug-likeness (QED) is 0.673. The van der Waals surface area contributed by atoms with Crippen LogP contribution < -0.4 is 10.2 Å². The number of nitrogens with one attached hydrogen (secondary N) is 1. The molecule has 1 aromatic rings. The molecule has 0 aromatic heterocycles. The van der Waals surface area contributed by atoms with E-state index in [2.05, 4.69) is 11.5 Å². The maximum atomic E-state index is 8.54. The molecule has 13 heavy (non-hydrogen) atoms. The fourth-order valence-electron chi connectivity index (χ4n) is 1.63. The Kier molecular flexibility index (Phi) is 2.47. The summed E-state index contributed by atoms with van der Waals surface area (Å²) in [6.07, 6.45) is 2.09. The van der Waals surface area contributed by atoms with Crippen molar-refractivity contribution in [2.24, 2.45) is 0 Å². The van der Waals surface area contributed by atoms with Crippen LogP contribution in [0, 0.1) is 0 Å². The average Bonchev–Trinajstić information content (AvgIpc) is 2.18. The summed E-state index contributed by atoms with van der Waals surface area (Å²) in [7, 11) is 0. The fourth-order valence-corrected chi connectivity index (χ4v) is 1.63. The fraction of sp³-hybridized carbons (Fsp3) is 0.400. The predicted octanol–water partition coefficient (Wildman–Crippen LogP) is 1.36. The van der Waals surface area contributed by atoms with Gasteiger partial charge in [-0.1, -0.05) is 18.2 Å². The first-order valence-electron chi connectivity index (χ1n) is 4.51. The van der Waals surface area contributed by atoms with Gasteiger partial charge in [0.05, 0.1) is 6.54 Å². The summed E-state index contributed by atoms with van der Waals surface area (Å²) in [5.41, 5.74) is 3.40. The number of benzene rings is 1. The Balaban J connectivity index is 2.11. The van der Waals surface area contributed by atoms with Gasteiger partial charge in [-0.3, -0.25) is 0 Å². The van der Waals surface area contributed by atoms with Crippen molar-refractivity contribution in [2.75, 3.05) is 6.54 Å². The molecule has 0 radical (unpaired) electrons. The van der Waals surface area contributed by atoms with Crippen LogP contribution in [0.25, 0.3) is 0 Å². The molecule has 0 saturated heterocycles. The van der Waals surface area contributed by atoms with Crippen molar-refractivity contribution in [3.63, 3.8) is 0 Å². The van der Waals surface area contributed by atoms with E-state index < -0.39 is 0 Å². The zero-order valence-corrected chi connectivity index (χ0v) is 7.36. The zero-order chi connectivity index (χ0) is 9.10. The number of rotatable bonds is 2. The number of hydroxylamine groups is 1. The lowest BCUT2D eigenvalue weighted by Gasteiger charge is -2.25. The lowest BCUT2D eigenvalue weighted by Crippen LogP contribution is -2.32. The van der Waals surface area contributed by atoms with Crippen LogP contribution in [0.15, 0.2) is 24.3 Å². The molecule has 1 unspecified atom stereocenters. The number of hydrogen-bond acceptors (Lipinski definition) is 3. The van der Waals surface area contributed by atoms with Crippen molar-refractivity contribution in [3.8, 4) is 5.75 Å². The summed E-state index contributed by atoms with van der Waals surface area (Å²) in [5.74, 6) is 0.953. The Morgan fingerprint density at radius 1 is 1.46 bits per heavy atom. The number of aryl methyl sites for hydroxylation is 1. The minimum atomic E-state index is 0.0971. The monoisotopic (exact) mass is 179 g/mol. The van der Waals surface area contributed by atoms with E-state index in [1.54, 1.807) is 0 Å². The van der Waals surface area contributed by atoms with Crippen LogP contribution in [0.4, 0.5) is 0 Å². The van der Waals surface area contributed by atoms with E-state index in [4.69, 9.17) is 9.94 Å². The van der Waals surface area contributed by atoms with Crippen molar-refractivity contribution in [3.05, 3.63) is 29.8 Å². The van der Waals surface area contributed by atoms with Crippen molar-refractivity contribution < 1.29 is 9.94 Å². The van der Waals surface area contributed by atoms with Gasteiger partial charge in [0.1, 0.15) is 11.9 Å². The minimum Gasteiger partial charge on any atom is -0.489 e. The summed E-state index contributed by atoms with van der Waals surface area (Å²) in [4.78, 5) is 0. The van der Waals surface area contributed by atoms with Crippen LogP contribution >= 0.6 is 0 Å².